The van der Waals surface area contributed by atoms with Gasteiger partial charge >= 0.3 is 5.97 Å². The van der Waals surface area contributed by atoms with Crippen molar-refractivity contribution in [3.8, 4) is 0 Å². The molecular formula is C24H22N2O2. The van der Waals surface area contributed by atoms with Gasteiger partial charge in [-0.05, 0) is 30.7 Å². The number of hydrogen-bond donors (Lipinski definition) is 2. The third-order valence-corrected chi connectivity index (χ3v) is 4.41. The number of rotatable bonds is 4. The van der Waals surface area contributed by atoms with Gasteiger partial charge in [-0.2, -0.15) is 0 Å². The Bertz CT molecular complexity index is 1080. The number of carboxylic acid groups (broad SMARTS) is 1. The number of aromatic nitrogens is 1. The molecule has 140 valence electrons. The Morgan fingerprint density at radius 3 is 2.04 bits per heavy atom. The third-order valence-electron chi connectivity index (χ3n) is 4.41. The SMILES string of the molecule is CC(=N)c1cn(Cc2ccccc2)c2ccccc12.O=C(O)c1ccccc1. The summed E-state index contributed by atoms with van der Waals surface area (Å²) in [4.78, 5) is 10.2. The molecule has 4 rings (SSSR count). The molecule has 0 amide bonds. The maximum Gasteiger partial charge on any atom is 0.335 e. The second kappa shape index (κ2) is 8.82. The third kappa shape index (κ3) is 4.54. The molecule has 0 unspecified atom stereocenters. The second-order valence-corrected chi connectivity index (χ2v) is 6.47. The highest BCUT2D eigenvalue weighted by Gasteiger charge is 2.09. The molecule has 0 saturated heterocycles. The van der Waals surface area contributed by atoms with Gasteiger partial charge in [0.05, 0.1) is 5.56 Å². The Hall–Kier alpha value is -3.66. The van der Waals surface area contributed by atoms with E-state index in [2.05, 4.69) is 47.2 Å². The summed E-state index contributed by atoms with van der Waals surface area (Å²) in [5.41, 5.74) is 4.43. The lowest BCUT2D eigenvalue weighted by Gasteiger charge is -2.05. The molecule has 1 aromatic heterocycles. The van der Waals surface area contributed by atoms with Crippen molar-refractivity contribution in [2.75, 3.05) is 0 Å². The summed E-state index contributed by atoms with van der Waals surface area (Å²) in [6, 6.07) is 27.0. The van der Waals surface area contributed by atoms with Crippen LogP contribution in [0.1, 0.15) is 28.4 Å². The molecule has 0 aliphatic heterocycles. The van der Waals surface area contributed by atoms with E-state index in [-0.39, 0.29) is 0 Å². The number of aromatic carboxylic acids is 1. The van der Waals surface area contributed by atoms with E-state index < -0.39 is 5.97 Å². The van der Waals surface area contributed by atoms with Crippen LogP contribution in [0.2, 0.25) is 0 Å². The molecule has 0 radical (unpaired) electrons. The summed E-state index contributed by atoms with van der Waals surface area (Å²) in [6.07, 6.45) is 2.08. The smallest absolute Gasteiger partial charge is 0.335 e. The molecule has 0 aliphatic carbocycles. The van der Waals surface area contributed by atoms with Crippen LogP contribution in [0.5, 0.6) is 0 Å². The first-order chi connectivity index (χ1) is 13.6. The van der Waals surface area contributed by atoms with Crippen molar-refractivity contribution in [3.05, 3.63) is 108 Å². The van der Waals surface area contributed by atoms with Gasteiger partial charge in [0.25, 0.3) is 0 Å². The zero-order chi connectivity index (χ0) is 19.9. The van der Waals surface area contributed by atoms with Crippen molar-refractivity contribution in [3.63, 3.8) is 0 Å². The van der Waals surface area contributed by atoms with Gasteiger partial charge in [-0.3, -0.25) is 0 Å². The Labute approximate surface area is 164 Å². The maximum absolute atomic E-state index is 10.2. The first kappa shape index (κ1) is 19.1. The number of nitrogens with zero attached hydrogens (tertiary/aromatic N) is 1. The first-order valence-electron chi connectivity index (χ1n) is 9.02. The van der Waals surface area contributed by atoms with Crippen molar-refractivity contribution in [2.24, 2.45) is 0 Å². The molecule has 0 aliphatic rings. The summed E-state index contributed by atoms with van der Waals surface area (Å²) in [6.45, 7) is 2.68. The second-order valence-electron chi connectivity index (χ2n) is 6.47. The van der Waals surface area contributed by atoms with Gasteiger partial charge in [0.15, 0.2) is 0 Å². The fourth-order valence-electron chi connectivity index (χ4n) is 3.04. The van der Waals surface area contributed by atoms with Gasteiger partial charge in [-0.15, -0.1) is 0 Å². The Morgan fingerprint density at radius 2 is 1.46 bits per heavy atom. The van der Waals surface area contributed by atoms with Gasteiger partial charge in [0.2, 0.25) is 0 Å². The van der Waals surface area contributed by atoms with Crippen LogP contribution in [0, 0.1) is 5.41 Å². The van der Waals surface area contributed by atoms with E-state index in [1.54, 1.807) is 30.3 Å². The maximum atomic E-state index is 10.2. The zero-order valence-corrected chi connectivity index (χ0v) is 15.7. The Kier molecular flexibility index (Phi) is 6.02. The topological polar surface area (TPSA) is 66.1 Å². The highest BCUT2D eigenvalue weighted by Crippen LogP contribution is 2.22. The van der Waals surface area contributed by atoms with E-state index in [0.29, 0.717) is 11.3 Å². The van der Waals surface area contributed by atoms with Gasteiger partial charge in [0.1, 0.15) is 0 Å². The summed E-state index contributed by atoms with van der Waals surface area (Å²) in [5, 5.41) is 17.4. The summed E-state index contributed by atoms with van der Waals surface area (Å²) in [5.74, 6) is -0.879. The van der Waals surface area contributed by atoms with Crippen LogP contribution in [0.15, 0.2) is 91.1 Å². The standard InChI is InChI=1S/C17H16N2.C7H6O2/c1-13(18)16-12-19(11-14-7-3-2-4-8-14)17-10-6-5-9-15(16)17;8-7(9)6-4-2-1-3-5-6/h2-10,12,18H,11H2,1H3;1-5H,(H,8,9). The lowest BCUT2D eigenvalue weighted by atomic mass is 10.1. The number of hydrogen-bond acceptors (Lipinski definition) is 2. The van der Waals surface area contributed by atoms with Crippen LogP contribution in [0.25, 0.3) is 10.9 Å². The zero-order valence-electron chi connectivity index (χ0n) is 15.7. The van der Waals surface area contributed by atoms with Crippen molar-refractivity contribution in [1.82, 2.24) is 4.57 Å². The molecule has 2 N–H and O–H groups in total. The predicted molar refractivity (Wildman–Crippen MR) is 113 cm³/mol. The summed E-state index contributed by atoms with van der Waals surface area (Å²) < 4.78 is 2.22. The molecular weight excluding hydrogens is 348 g/mol. The molecule has 1 heterocycles. The molecule has 4 aromatic rings. The van der Waals surface area contributed by atoms with E-state index in [1.807, 2.05) is 25.1 Å². The highest BCUT2D eigenvalue weighted by molar-refractivity contribution is 6.08. The van der Waals surface area contributed by atoms with Gasteiger partial charge < -0.3 is 15.1 Å². The van der Waals surface area contributed by atoms with Crippen molar-refractivity contribution in [2.45, 2.75) is 13.5 Å². The minimum atomic E-state index is -0.879. The quantitative estimate of drug-likeness (QED) is 0.468. The van der Waals surface area contributed by atoms with Crippen LogP contribution in [0.3, 0.4) is 0 Å². The molecule has 3 aromatic carbocycles. The molecule has 0 bridgehead atoms. The lowest BCUT2D eigenvalue weighted by molar-refractivity contribution is 0.0697. The summed E-state index contributed by atoms with van der Waals surface area (Å²) >= 11 is 0. The van der Waals surface area contributed by atoms with Crippen molar-refractivity contribution < 1.29 is 9.90 Å². The van der Waals surface area contributed by atoms with Crippen LogP contribution in [-0.2, 0) is 6.54 Å². The molecule has 0 spiro atoms. The van der Waals surface area contributed by atoms with E-state index in [4.69, 9.17) is 10.5 Å². The van der Waals surface area contributed by atoms with Crippen molar-refractivity contribution in [1.29, 1.82) is 5.41 Å². The largest absolute Gasteiger partial charge is 0.478 e. The lowest BCUT2D eigenvalue weighted by Crippen LogP contribution is -1.97. The number of carboxylic acids is 1. The average Bonchev–Trinajstić information content (AvgIpc) is 3.09. The van der Waals surface area contributed by atoms with E-state index in [0.717, 1.165) is 17.5 Å². The molecule has 28 heavy (non-hydrogen) atoms. The van der Waals surface area contributed by atoms with E-state index >= 15 is 0 Å². The molecule has 0 saturated carbocycles. The minimum Gasteiger partial charge on any atom is -0.478 e. The molecule has 0 fully saturated rings. The van der Waals surface area contributed by atoms with E-state index in [1.165, 1.54) is 11.1 Å². The Balaban J connectivity index is 0.000000211. The summed E-state index contributed by atoms with van der Waals surface area (Å²) in [7, 11) is 0. The predicted octanol–water partition coefficient (Wildman–Crippen LogP) is 5.46. The van der Waals surface area contributed by atoms with Crippen LogP contribution in [-0.4, -0.2) is 21.4 Å². The van der Waals surface area contributed by atoms with Crippen LogP contribution in [0.4, 0.5) is 0 Å². The number of fused-ring (bicyclic) bond motifs is 1. The molecule has 0 atom stereocenters. The minimum absolute atomic E-state index is 0.331. The van der Waals surface area contributed by atoms with Gasteiger partial charge in [-0.25, -0.2) is 4.79 Å². The van der Waals surface area contributed by atoms with Crippen LogP contribution >= 0.6 is 0 Å². The fourth-order valence-corrected chi connectivity index (χ4v) is 3.04. The van der Waals surface area contributed by atoms with E-state index in [9.17, 15) is 4.79 Å². The molecule has 4 heteroatoms. The fraction of sp³-hybridized carbons (Fsp3) is 0.0833. The number of benzene rings is 3. The Morgan fingerprint density at radius 1 is 0.893 bits per heavy atom. The number of para-hydroxylation sites is 1. The first-order valence-corrected chi connectivity index (χ1v) is 9.02. The molecule has 4 nitrogen and oxygen atoms in total. The number of carbonyl (C=O) groups is 1. The van der Waals surface area contributed by atoms with Crippen molar-refractivity contribution >= 4 is 22.6 Å². The number of nitrogens with one attached hydrogen (secondary N) is 1. The van der Waals surface area contributed by atoms with Gasteiger partial charge in [0, 0.05) is 34.9 Å². The normalized spacial score (nSPS) is 10.2. The monoisotopic (exact) mass is 370 g/mol. The van der Waals surface area contributed by atoms with Gasteiger partial charge in [-0.1, -0.05) is 66.7 Å². The average molecular weight is 370 g/mol. The highest BCUT2D eigenvalue weighted by atomic mass is 16.4. The van der Waals surface area contributed by atoms with Crippen LogP contribution < -0.4 is 0 Å².